The number of anilines is 1. The molecule has 1 fully saturated rings. The summed E-state index contributed by atoms with van der Waals surface area (Å²) in [7, 11) is 1.37. The largest absolute Gasteiger partial charge is 0.464 e. The Balaban J connectivity index is 1.44. The highest BCUT2D eigenvalue weighted by atomic mass is 32.1. The minimum atomic E-state index is -0.381. The molecule has 4 heterocycles. The van der Waals surface area contributed by atoms with Crippen molar-refractivity contribution in [2.24, 2.45) is 0 Å². The Bertz CT molecular complexity index is 833. The molecule has 0 radical (unpaired) electrons. The average molecular weight is 343 g/mol. The number of carbonyl (C=O) groups excluding carboxylic acids is 1. The molecule has 0 saturated carbocycles. The third-order valence-electron chi connectivity index (χ3n) is 4.31. The van der Waals surface area contributed by atoms with E-state index in [1.165, 1.54) is 7.11 Å². The summed E-state index contributed by atoms with van der Waals surface area (Å²) in [5, 5.41) is 1.02. The predicted molar refractivity (Wildman–Crippen MR) is 91.5 cm³/mol. The first-order chi connectivity index (χ1) is 11.7. The number of esters is 1. The molecule has 1 N–H and O–H groups in total. The second-order valence-corrected chi connectivity index (χ2v) is 6.77. The first kappa shape index (κ1) is 15.1. The number of nitrogens with zero attached hydrogens (tertiary/aromatic N) is 4. The van der Waals surface area contributed by atoms with E-state index in [1.807, 2.05) is 12.1 Å². The maximum atomic E-state index is 11.5. The Labute approximate surface area is 142 Å². The number of rotatable bonds is 3. The molecule has 4 rings (SSSR count). The minimum Gasteiger partial charge on any atom is -0.464 e. The van der Waals surface area contributed by atoms with Crippen molar-refractivity contribution >= 4 is 32.8 Å². The fourth-order valence-electron chi connectivity index (χ4n) is 2.99. The second kappa shape index (κ2) is 6.20. The van der Waals surface area contributed by atoms with Crippen molar-refractivity contribution in [3.63, 3.8) is 0 Å². The lowest BCUT2D eigenvalue weighted by atomic mass is 9.96. The molecular formula is C16H17N5O2S. The summed E-state index contributed by atoms with van der Waals surface area (Å²) in [6.07, 6.45) is 5.26. The lowest BCUT2D eigenvalue weighted by Gasteiger charge is -2.30. The molecule has 0 spiro atoms. The molecule has 0 aromatic carbocycles. The van der Waals surface area contributed by atoms with Gasteiger partial charge in [-0.2, -0.15) is 4.98 Å². The van der Waals surface area contributed by atoms with E-state index in [1.54, 1.807) is 23.7 Å². The summed E-state index contributed by atoms with van der Waals surface area (Å²) in [6, 6.07) is 3.99. The number of pyridine rings is 1. The van der Waals surface area contributed by atoms with E-state index in [2.05, 4.69) is 24.8 Å². The molecule has 8 heteroatoms. The molecule has 3 aromatic heterocycles. The number of methoxy groups -OCH3 is 1. The molecule has 124 valence electrons. The van der Waals surface area contributed by atoms with Gasteiger partial charge in [0.2, 0.25) is 0 Å². The van der Waals surface area contributed by atoms with Gasteiger partial charge in [-0.15, -0.1) is 0 Å². The van der Waals surface area contributed by atoms with Crippen LogP contribution >= 0.6 is 11.3 Å². The zero-order valence-corrected chi connectivity index (χ0v) is 14.0. The minimum absolute atomic E-state index is 0.326. The Hall–Kier alpha value is -2.48. The third-order valence-corrected chi connectivity index (χ3v) is 5.38. The van der Waals surface area contributed by atoms with Crippen LogP contribution in [0.15, 0.2) is 24.5 Å². The number of imidazole rings is 1. The van der Waals surface area contributed by atoms with E-state index in [-0.39, 0.29) is 5.97 Å². The molecule has 1 saturated heterocycles. The van der Waals surface area contributed by atoms with Gasteiger partial charge in [0.1, 0.15) is 11.5 Å². The quantitative estimate of drug-likeness (QED) is 0.736. The van der Waals surface area contributed by atoms with Crippen LogP contribution in [0.4, 0.5) is 5.13 Å². The zero-order valence-electron chi connectivity index (χ0n) is 13.2. The lowest BCUT2D eigenvalue weighted by molar-refractivity contribution is 0.0594. The number of ether oxygens (including phenoxy) is 1. The van der Waals surface area contributed by atoms with Crippen LogP contribution in [0.3, 0.4) is 0 Å². The van der Waals surface area contributed by atoms with Gasteiger partial charge in [0, 0.05) is 25.2 Å². The summed E-state index contributed by atoms with van der Waals surface area (Å²) >= 11 is 1.68. The molecule has 0 amide bonds. The molecule has 0 unspecified atom stereocenters. The SMILES string of the molecule is COC(=O)c1cnc(C2CCN(c3nc4ncccc4s3)CC2)[nH]1. The van der Waals surface area contributed by atoms with E-state index in [0.29, 0.717) is 11.6 Å². The van der Waals surface area contributed by atoms with Gasteiger partial charge in [-0.1, -0.05) is 11.3 Å². The number of nitrogens with one attached hydrogen (secondary N) is 1. The van der Waals surface area contributed by atoms with E-state index in [4.69, 9.17) is 4.74 Å². The fraction of sp³-hybridized carbons (Fsp3) is 0.375. The van der Waals surface area contributed by atoms with E-state index < -0.39 is 0 Å². The standard InChI is InChI=1S/C16H17N5O2S/c1-23-15(22)11-9-18-13(19-11)10-4-7-21(8-5-10)16-20-14-12(24-16)3-2-6-17-14/h2-3,6,9-10H,4-5,7-8H2,1H3,(H,18,19). The molecule has 7 nitrogen and oxygen atoms in total. The number of piperidine rings is 1. The summed E-state index contributed by atoms with van der Waals surface area (Å²) in [5.74, 6) is 0.807. The summed E-state index contributed by atoms with van der Waals surface area (Å²) in [4.78, 5) is 30.2. The van der Waals surface area contributed by atoms with Crippen molar-refractivity contribution < 1.29 is 9.53 Å². The number of carbonyl (C=O) groups is 1. The number of hydrogen-bond acceptors (Lipinski definition) is 7. The molecule has 0 bridgehead atoms. The maximum absolute atomic E-state index is 11.5. The topological polar surface area (TPSA) is 84.0 Å². The monoisotopic (exact) mass is 343 g/mol. The maximum Gasteiger partial charge on any atom is 0.356 e. The number of H-pyrrole nitrogens is 1. The number of fused-ring (bicyclic) bond motifs is 1. The molecule has 1 aliphatic heterocycles. The highest BCUT2D eigenvalue weighted by Gasteiger charge is 2.25. The number of hydrogen-bond donors (Lipinski definition) is 1. The van der Waals surface area contributed by atoms with Gasteiger partial charge < -0.3 is 14.6 Å². The summed E-state index contributed by atoms with van der Waals surface area (Å²) < 4.78 is 5.82. The highest BCUT2D eigenvalue weighted by molar-refractivity contribution is 7.22. The van der Waals surface area contributed by atoms with Crippen LogP contribution in [0.2, 0.25) is 0 Å². The molecule has 1 aliphatic rings. The van der Waals surface area contributed by atoms with Crippen LogP contribution in [-0.2, 0) is 4.74 Å². The molecule has 0 aliphatic carbocycles. The predicted octanol–water partition coefficient (Wildman–Crippen LogP) is 2.59. The van der Waals surface area contributed by atoms with Crippen LogP contribution in [0.5, 0.6) is 0 Å². The fourth-order valence-corrected chi connectivity index (χ4v) is 3.97. The first-order valence-corrected chi connectivity index (χ1v) is 8.66. The van der Waals surface area contributed by atoms with Crippen LogP contribution in [-0.4, -0.2) is 46.1 Å². The Morgan fingerprint density at radius 3 is 2.96 bits per heavy atom. The third kappa shape index (κ3) is 2.73. The summed E-state index contributed by atoms with van der Waals surface area (Å²) in [6.45, 7) is 1.83. The van der Waals surface area contributed by atoms with Crippen molar-refractivity contribution in [2.45, 2.75) is 18.8 Å². The summed E-state index contributed by atoms with van der Waals surface area (Å²) in [5.41, 5.74) is 1.22. The Kier molecular flexibility index (Phi) is 3.89. The first-order valence-electron chi connectivity index (χ1n) is 7.84. The van der Waals surface area contributed by atoms with Gasteiger partial charge in [0.25, 0.3) is 0 Å². The number of aromatic amines is 1. The van der Waals surface area contributed by atoms with Crippen molar-refractivity contribution in [1.29, 1.82) is 0 Å². The Morgan fingerprint density at radius 2 is 2.21 bits per heavy atom. The second-order valence-electron chi connectivity index (χ2n) is 5.76. The van der Waals surface area contributed by atoms with Crippen LogP contribution in [0.25, 0.3) is 10.3 Å². The van der Waals surface area contributed by atoms with Crippen molar-refractivity contribution in [2.75, 3.05) is 25.1 Å². The number of aromatic nitrogens is 4. The molecule has 24 heavy (non-hydrogen) atoms. The molecule has 3 aromatic rings. The van der Waals surface area contributed by atoms with Crippen LogP contribution < -0.4 is 4.90 Å². The zero-order chi connectivity index (χ0) is 16.5. The van der Waals surface area contributed by atoms with Crippen LogP contribution in [0.1, 0.15) is 35.1 Å². The molecule has 0 atom stereocenters. The van der Waals surface area contributed by atoms with Gasteiger partial charge in [-0.25, -0.2) is 14.8 Å². The van der Waals surface area contributed by atoms with E-state index in [9.17, 15) is 4.79 Å². The van der Waals surface area contributed by atoms with Gasteiger partial charge in [0.15, 0.2) is 10.8 Å². The van der Waals surface area contributed by atoms with Gasteiger partial charge in [-0.05, 0) is 25.0 Å². The highest BCUT2D eigenvalue weighted by Crippen LogP contribution is 2.33. The van der Waals surface area contributed by atoms with Gasteiger partial charge in [-0.3, -0.25) is 0 Å². The van der Waals surface area contributed by atoms with Crippen molar-refractivity contribution in [3.05, 3.63) is 36.0 Å². The molecular weight excluding hydrogens is 326 g/mol. The Morgan fingerprint density at radius 1 is 1.38 bits per heavy atom. The van der Waals surface area contributed by atoms with Crippen molar-refractivity contribution in [1.82, 2.24) is 19.9 Å². The van der Waals surface area contributed by atoms with E-state index in [0.717, 1.165) is 47.2 Å². The van der Waals surface area contributed by atoms with Crippen LogP contribution in [0, 0.1) is 0 Å². The van der Waals surface area contributed by atoms with E-state index >= 15 is 0 Å². The lowest BCUT2D eigenvalue weighted by Crippen LogP contribution is -2.33. The van der Waals surface area contributed by atoms with Gasteiger partial charge in [0.05, 0.1) is 18.0 Å². The van der Waals surface area contributed by atoms with Gasteiger partial charge >= 0.3 is 5.97 Å². The average Bonchev–Trinajstić information content (AvgIpc) is 3.28. The normalized spacial score (nSPS) is 15.8. The smallest absolute Gasteiger partial charge is 0.356 e. The van der Waals surface area contributed by atoms with Crippen molar-refractivity contribution in [3.8, 4) is 0 Å². The number of thiazole rings is 1.